The van der Waals surface area contributed by atoms with Gasteiger partial charge in [-0.25, -0.2) is 0 Å². The van der Waals surface area contributed by atoms with Crippen LogP contribution in [0.1, 0.15) is 18.1 Å². The Kier molecular flexibility index (Phi) is 6.88. The van der Waals surface area contributed by atoms with E-state index in [9.17, 15) is 0 Å². The van der Waals surface area contributed by atoms with E-state index in [1.54, 1.807) is 0 Å². The van der Waals surface area contributed by atoms with Crippen molar-refractivity contribution in [3.63, 3.8) is 0 Å². The first-order valence-electron chi connectivity index (χ1n) is 8.95. The van der Waals surface area contributed by atoms with E-state index in [0.29, 0.717) is 6.04 Å². The molecular formula is C21H28N2S2. The lowest BCUT2D eigenvalue weighted by atomic mass is 10.2. The maximum Gasteiger partial charge on any atom is 0.0495 e. The standard InChI is InChI=1S/C21H28N2S2/c1-17-4-8-20(9-5-17)24-15-22-12-13-23(19(3)14-22)16-25-21-10-6-18(2)7-11-21/h4-11,19H,12-16H2,1-3H3. The van der Waals surface area contributed by atoms with Crippen LogP contribution in [-0.4, -0.2) is 47.2 Å². The molecule has 0 amide bonds. The summed E-state index contributed by atoms with van der Waals surface area (Å²) in [6.45, 7) is 10.1. The SMILES string of the molecule is Cc1ccc(SCN2CCN(CSc3ccc(C)cc3)C(C)C2)cc1. The molecule has 2 aromatic carbocycles. The molecule has 1 atom stereocenters. The first-order chi connectivity index (χ1) is 12.1. The lowest BCUT2D eigenvalue weighted by Crippen LogP contribution is -2.51. The van der Waals surface area contributed by atoms with Gasteiger partial charge in [0.15, 0.2) is 0 Å². The van der Waals surface area contributed by atoms with Crippen molar-refractivity contribution in [2.45, 2.75) is 36.6 Å². The second-order valence-electron chi connectivity index (χ2n) is 6.91. The van der Waals surface area contributed by atoms with Crippen molar-refractivity contribution < 1.29 is 0 Å². The van der Waals surface area contributed by atoms with Crippen LogP contribution in [0.15, 0.2) is 58.3 Å². The van der Waals surface area contributed by atoms with Gasteiger partial charge < -0.3 is 0 Å². The van der Waals surface area contributed by atoms with Gasteiger partial charge in [-0.05, 0) is 45.0 Å². The number of piperazine rings is 1. The summed E-state index contributed by atoms with van der Waals surface area (Å²) in [5.41, 5.74) is 2.66. The van der Waals surface area contributed by atoms with Crippen molar-refractivity contribution in [3.05, 3.63) is 59.7 Å². The third-order valence-electron chi connectivity index (χ3n) is 4.70. The second-order valence-corrected chi connectivity index (χ2v) is 8.95. The maximum atomic E-state index is 2.61. The number of aryl methyl sites for hydroxylation is 2. The van der Waals surface area contributed by atoms with Crippen LogP contribution in [0.25, 0.3) is 0 Å². The van der Waals surface area contributed by atoms with Crippen molar-refractivity contribution in [1.29, 1.82) is 0 Å². The van der Waals surface area contributed by atoms with Crippen LogP contribution < -0.4 is 0 Å². The Labute approximate surface area is 161 Å². The molecule has 0 spiro atoms. The highest BCUT2D eigenvalue weighted by Crippen LogP contribution is 2.24. The van der Waals surface area contributed by atoms with Gasteiger partial charge in [-0.1, -0.05) is 35.4 Å². The van der Waals surface area contributed by atoms with Gasteiger partial charge in [0.05, 0.1) is 0 Å². The molecule has 0 radical (unpaired) electrons. The minimum Gasteiger partial charge on any atom is -0.291 e. The summed E-state index contributed by atoms with van der Waals surface area (Å²) in [5.74, 6) is 2.18. The Morgan fingerprint density at radius 3 is 1.84 bits per heavy atom. The predicted octanol–water partition coefficient (Wildman–Crippen LogP) is 5.11. The first-order valence-corrected chi connectivity index (χ1v) is 10.9. The Morgan fingerprint density at radius 2 is 1.32 bits per heavy atom. The van der Waals surface area contributed by atoms with E-state index in [0.717, 1.165) is 31.4 Å². The molecule has 25 heavy (non-hydrogen) atoms. The Morgan fingerprint density at radius 1 is 0.800 bits per heavy atom. The molecular weight excluding hydrogens is 344 g/mol. The smallest absolute Gasteiger partial charge is 0.0495 e. The van der Waals surface area contributed by atoms with Crippen molar-refractivity contribution in [3.8, 4) is 0 Å². The van der Waals surface area contributed by atoms with Gasteiger partial charge in [-0.3, -0.25) is 9.80 Å². The fourth-order valence-corrected chi connectivity index (χ4v) is 4.89. The number of hydrogen-bond acceptors (Lipinski definition) is 4. The van der Waals surface area contributed by atoms with E-state index in [-0.39, 0.29) is 0 Å². The molecule has 0 N–H and O–H groups in total. The van der Waals surface area contributed by atoms with Crippen LogP contribution in [0.3, 0.4) is 0 Å². The molecule has 2 aromatic rings. The summed E-state index contributed by atoms with van der Waals surface area (Å²) in [7, 11) is 0. The van der Waals surface area contributed by atoms with Crippen LogP contribution in [-0.2, 0) is 0 Å². The molecule has 1 fully saturated rings. The van der Waals surface area contributed by atoms with E-state index in [1.165, 1.54) is 20.9 Å². The van der Waals surface area contributed by atoms with Crippen LogP contribution in [0.5, 0.6) is 0 Å². The molecule has 1 aliphatic rings. The summed E-state index contributed by atoms with van der Waals surface area (Å²) in [6, 6.07) is 18.4. The number of thioether (sulfide) groups is 2. The largest absolute Gasteiger partial charge is 0.291 e. The normalized spacial score (nSPS) is 19.2. The third-order valence-corrected chi connectivity index (χ3v) is 6.87. The highest BCUT2D eigenvalue weighted by Gasteiger charge is 2.23. The maximum absolute atomic E-state index is 2.61. The van der Waals surface area contributed by atoms with Gasteiger partial charge in [0.2, 0.25) is 0 Å². The minimum absolute atomic E-state index is 0.616. The molecule has 2 nitrogen and oxygen atoms in total. The Hall–Kier alpha value is -0.940. The average molecular weight is 373 g/mol. The number of nitrogens with zero attached hydrogens (tertiary/aromatic N) is 2. The minimum atomic E-state index is 0.616. The lowest BCUT2D eigenvalue weighted by Gasteiger charge is -2.39. The third kappa shape index (κ3) is 5.78. The van der Waals surface area contributed by atoms with Crippen LogP contribution >= 0.6 is 23.5 Å². The fraction of sp³-hybridized carbons (Fsp3) is 0.429. The number of benzene rings is 2. The zero-order valence-corrected chi connectivity index (χ0v) is 17.1. The van der Waals surface area contributed by atoms with Gasteiger partial charge in [0.1, 0.15) is 0 Å². The van der Waals surface area contributed by atoms with Crippen molar-refractivity contribution in [1.82, 2.24) is 9.80 Å². The highest BCUT2D eigenvalue weighted by molar-refractivity contribution is 7.99. The Bertz CT molecular complexity index is 655. The molecule has 0 aromatic heterocycles. The number of rotatable bonds is 6. The van der Waals surface area contributed by atoms with Crippen LogP contribution in [0, 0.1) is 13.8 Å². The molecule has 1 saturated heterocycles. The molecule has 0 aliphatic carbocycles. The predicted molar refractivity (Wildman–Crippen MR) is 112 cm³/mol. The zero-order valence-electron chi connectivity index (χ0n) is 15.4. The molecule has 0 bridgehead atoms. The Balaban J connectivity index is 1.42. The zero-order chi connectivity index (χ0) is 17.6. The van der Waals surface area contributed by atoms with E-state index >= 15 is 0 Å². The molecule has 4 heteroatoms. The van der Waals surface area contributed by atoms with Crippen LogP contribution in [0.4, 0.5) is 0 Å². The van der Waals surface area contributed by atoms with Crippen molar-refractivity contribution >= 4 is 23.5 Å². The fourth-order valence-electron chi connectivity index (χ4n) is 2.97. The average Bonchev–Trinajstić information content (AvgIpc) is 2.62. The topological polar surface area (TPSA) is 6.48 Å². The highest BCUT2D eigenvalue weighted by atomic mass is 32.2. The second kappa shape index (κ2) is 9.13. The van der Waals surface area contributed by atoms with Gasteiger partial charge in [0.25, 0.3) is 0 Å². The molecule has 1 heterocycles. The summed E-state index contributed by atoms with van der Waals surface area (Å²) in [6.07, 6.45) is 0. The monoisotopic (exact) mass is 372 g/mol. The molecule has 1 aliphatic heterocycles. The number of hydrogen-bond donors (Lipinski definition) is 0. The summed E-state index contributed by atoms with van der Waals surface area (Å²) < 4.78 is 0. The summed E-state index contributed by atoms with van der Waals surface area (Å²) >= 11 is 3.91. The van der Waals surface area contributed by atoms with Gasteiger partial charge >= 0.3 is 0 Å². The summed E-state index contributed by atoms with van der Waals surface area (Å²) in [5, 5.41) is 0. The quantitative estimate of drug-likeness (QED) is 0.650. The van der Waals surface area contributed by atoms with Gasteiger partial charge in [-0.2, -0.15) is 0 Å². The molecule has 134 valence electrons. The molecule has 1 unspecified atom stereocenters. The van der Waals surface area contributed by atoms with E-state index < -0.39 is 0 Å². The van der Waals surface area contributed by atoms with Gasteiger partial charge in [0, 0.05) is 47.2 Å². The van der Waals surface area contributed by atoms with E-state index in [1.807, 2.05) is 23.5 Å². The van der Waals surface area contributed by atoms with Crippen LogP contribution in [0.2, 0.25) is 0 Å². The van der Waals surface area contributed by atoms with Gasteiger partial charge in [-0.15, -0.1) is 23.5 Å². The van der Waals surface area contributed by atoms with E-state index in [2.05, 4.69) is 79.1 Å². The molecule has 0 saturated carbocycles. The summed E-state index contributed by atoms with van der Waals surface area (Å²) in [4.78, 5) is 7.94. The van der Waals surface area contributed by atoms with Crippen molar-refractivity contribution in [2.24, 2.45) is 0 Å². The van der Waals surface area contributed by atoms with E-state index in [4.69, 9.17) is 0 Å². The lowest BCUT2D eigenvalue weighted by molar-refractivity contribution is 0.115. The first kappa shape index (κ1) is 18.8. The van der Waals surface area contributed by atoms with Crippen molar-refractivity contribution in [2.75, 3.05) is 31.4 Å². The molecule has 3 rings (SSSR count).